The van der Waals surface area contributed by atoms with Gasteiger partial charge >= 0.3 is 5.97 Å². The molecule has 4 amide bonds. The van der Waals surface area contributed by atoms with E-state index >= 15 is 0 Å². The van der Waals surface area contributed by atoms with Gasteiger partial charge in [0.25, 0.3) is 0 Å². The number of H-pyrrole nitrogens is 1. The maximum absolute atomic E-state index is 13.6. The molecule has 0 aliphatic carbocycles. The number of benzene rings is 2. The minimum atomic E-state index is -1.35. The number of phenolic OH excluding ortho intramolecular Hbond substituents is 1. The van der Waals surface area contributed by atoms with Crippen molar-refractivity contribution in [2.24, 2.45) is 22.2 Å². The lowest BCUT2D eigenvalue weighted by atomic mass is 10.0. The average Bonchev–Trinajstić information content (AvgIpc) is 3.50. The predicted molar refractivity (Wildman–Crippen MR) is 195 cm³/mol. The second-order valence-electron chi connectivity index (χ2n) is 11.4. The van der Waals surface area contributed by atoms with Gasteiger partial charge in [0.05, 0.1) is 6.04 Å². The van der Waals surface area contributed by atoms with E-state index in [2.05, 4.69) is 56.5 Å². The number of rotatable bonds is 19. The predicted octanol–water partition coefficient (Wildman–Crippen LogP) is -1.08. The van der Waals surface area contributed by atoms with Gasteiger partial charge in [-0.1, -0.05) is 30.3 Å². The molecular weight excluding hydrogens is 687 g/mol. The van der Waals surface area contributed by atoms with Gasteiger partial charge in [0.1, 0.15) is 29.9 Å². The summed E-state index contributed by atoms with van der Waals surface area (Å²) in [5.41, 5.74) is 18.5. The Hall–Kier alpha value is -4.94. The number of guanidine groups is 1. The number of amides is 4. The first-order valence-corrected chi connectivity index (χ1v) is 16.9. The fourth-order valence-corrected chi connectivity index (χ4v) is 5.45. The minimum Gasteiger partial charge on any atom is -0.508 e. The third-order valence-corrected chi connectivity index (χ3v) is 8.39. The molecule has 0 saturated heterocycles. The number of aromatic hydroxyl groups is 1. The first kappa shape index (κ1) is 39.5. The summed E-state index contributed by atoms with van der Waals surface area (Å²) in [5, 5.41) is 30.6. The molecule has 3 rings (SSSR count). The molecule has 1 aromatic heterocycles. The third kappa shape index (κ3) is 11.9. The van der Waals surface area contributed by atoms with E-state index in [9.17, 15) is 34.2 Å². The van der Waals surface area contributed by atoms with Crippen LogP contribution < -0.4 is 38.5 Å². The number of carbonyl (C=O) groups is 5. The standard InChI is InChI=1S/C32H43N9O7S2/c33-21(5-3-11-36-32(34)35)27(43)40-25(15-49)30(46)41-26(16-50)29(45)38-23(12-17-7-9-19(42)10-8-17)28(44)39-24(31(47)48)13-18-14-37-22-6-2-1-4-20(18)22/h1-2,4,6-10,14,21,23-26,37,42,49-50H,3,5,11-13,15-16,33H2,(H,38,45)(H,39,44)(H,40,43)(H,41,46)(H,47,48)(H4,34,35,36)/t21-,23-,24-,25-,26-/m0/s1. The first-order valence-electron chi connectivity index (χ1n) is 15.6. The van der Waals surface area contributed by atoms with Crippen LogP contribution in [0.5, 0.6) is 5.75 Å². The van der Waals surface area contributed by atoms with Gasteiger partial charge in [0.2, 0.25) is 23.6 Å². The SMILES string of the molecule is NC(N)=NCCC[C@H](N)C(=O)N[C@@H](CS)C(=O)N[C@@H](CS)C(=O)N[C@@H](Cc1ccc(O)cc1)C(=O)N[C@@H](Cc1c[nH]c2ccccc12)C(=O)O. The normalized spacial score (nSPS) is 14.0. The molecule has 0 saturated carbocycles. The molecule has 13 N–H and O–H groups in total. The number of aliphatic carboxylic acids is 1. The number of hydrogen-bond acceptors (Lipinski definition) is 10. The van der Waals surface area contributed by atoms with E-state index in [0.717, 1.165) is 10.9 Å². The summed E-state index contributed by atoms with van der Waals surface area (Å²) in [7, 11) is 0. The lowest BCUT2D eigenvalue weighted by molar-refractivity contribution is -0.142. The molecule has 18 heteroatoms. The topological polar surface area (TPSA) is 280 Å². The highest BCUT2D eigenvalue weighted by atomic mass is 32.1. The van der Waals surface area contributed by atoms with Crippen molar-refractivity contribution < 1.29 is 34.2 Å². The Kier molecular flexibility index (Phi) is 15.2. The first-order chi connectivity index (χ1) is 23.8. The van der Waals surface area contributed by atoms with Gasteiger partial charge in [0.15, 0.2) is 5.96 Å². The van der Waals surface area contributed by atoms with Crippen molar-refractivity contribution >= 4 is 71.7 Å². The Labute approximate surface area is 299 Å². The number of aliphatic imine (C=N–C) groups is 1. The highest BCUT2D eigenvalue weighted by Gasteiger charge is 2.31. The maximum atomic E-state index is 13.6. The van der Waals surface area contributed by atoms with Crippen molar-refractivity contribution in [2.75, 3.05) is 18.1 Å². The summed E-state index contributed by atoms with van der Waals surface area (Å²) < 4.78 is 0. The van der Waals surface area contributed by atoms with Gasteiger partial charge in [-0.3, -0.25) is 24.2 Å². The van der Waals surface area contributed by atoms with Crippen LogP contribution in [0.3, 0.4) is 0 Å². The number of hydrogen-bond donors (Lipinski definition) is 12. The third-order valence-electron chi connectivity index (χ3n) is 7.66. The molecular formula is C32H43N9O7S2. The Morgan fingerprint density at radius 2 is 1.34 bits per heavy atom. The number of carbonyl (C=O) groups excluding carboxylic acids is 4. The van der Waals surface area contributed by atoms with Crippen molar-refractivity contribution in [3.63, 3.8) is 0 Å². The molecule has 16 nitrogen and oxygen atoms in total. The molecule has 0 spiro atoms. The number of nitrogens with two attached hydrogens (primary N) is 3. The minimum absolute atomic E-state index is 0.0148. The quantitative estimate of drug-likeness (QED) is 0.0307. The van der Waals surface area contributed by atoms with Crippen LogP contribution in [0.15, 0.2) is 59.7 Å². The number of nitrogens with one attached hydrogen (secondary N) is 5. The lowest BCUT2D eigenvalue weighted by Crippen LogP contribution is -2.59. The molecule has 0 fully saturated rings. The molecule has 3 aromatic rings. The number of aromatic nitrogens is 1. The van der Waals surface area contributed by atoms with Crippen molar-refractivity contribution in [3.05, 3.63) is 65.9 Å². The molecule has 1 heterocycles. The summed E-state index contributed by atoms with van der Waals surface area (Å²) >= 11 is 8.35. The summed E-state index contributed by atoms with van der Waals surface area (Å²) in [4.78, 5) is 72.0. The van der Waals surface area contributed by atoms with Crippen molar-refractivity contribution in [2.45, 2.75) is 55.9 Å². The van der Waals surface area contributed by atoms with Crippen LogP contribution in [0.25, 0.3) is 10.9 Å². The Balaban J connectivity index is 1.71. The van der Waals surface area contributed by atoms with Gasteiger partial charge in [-0.25, -0.2) is 4.79 Å². The Bertz CT molecular complexity index is 1660. The zero-order chi connectivity index (χ0) is 36.8. The zero-order valence-corrected chi connectivity index (χ0v) is 28.8. The van der Waals surface area contributed by atoms with Crippen LogP contribution in [0.4, 0.5) is 0 Å². The van der Waals surface area contributed by atoms with Crippen LogP contribution in [0, 0.1) is 0 Å². The molecule has 0 aliphatic heterocycles. The molecule has 0 unspecified atom stereocenters. The number of fused-ring (bicyclic) bond motifs is 1. The van der Waals surface area contributed by atoms with E-state index in [0.29, 0.717) is 17.5 Å². The van der Waals surface area contributed by atoms with Gasteiger partial charge < -0.3 is 53.7 Å². The van der Waals surface area contributed by atoms with Gasteiger partial charge in [-0.05, 0) is 42.2 Å². The van der Waals surface area contributed by atoms with Crippen LogP contribution in [-0.2, 0) is 36.8 Å². The molecule has 0 bridgehead atoms. The van der Waals surface area contributed by atoms with Gasteiger partial charge in [-0.2, -0.15) is 25.3 Å². The number of carboxylic acids is 1. The second-order valence-corrected chi connectivity index (χ2v) is 12.2. The van der Waals surface area contributed by atoms with E-state index in [1.807, 2.05) is 24.3 Å². The largest absolute Gasteiger partial charge is 0.508 e. The lowest BCUT2D eigenvalue weighted by Gasteiger charge is -2.25. The fraction of sp³-hybridized carbons (Fsp3) is 0.375. The Morgan fingerprint density at radius 1 is 0.780 bits per heavy atom. The number of aromatic amines is 1. The fourth-order valence-electron chi connectivity index (χ4n) is 4.93. The number of para-hydroxylation sites is 1. The van der Waals surface area contributed by atoms with E-state index in [-0.39, 0.29) is 49.0 Å². The number of phenols is 1. The zero-order valence-electron chi connectivity index (χ0n) is 27.0. The van der Waals surface area contributed by atoms with Crippen molar-refractivity contribution in [3.8, 4) is 5.75 Å². The Morgan fingerprint density at radius 3 is 1.94 bits per heavy atom. The molecule has 0 aliphatic rings. The number of thiol groups is 2. The molecule has 270 valence electrons. The highest BCUT2D eigenvalue weighted by Crippen LogP contribution is 2.19. The maximum Gasteiger partial charge on any atom is 0.326 e. The van der Waals surface area contributed by atoms with Crippen LogP contribution >= 0.6 is 25.3 Å². The summed E-state index contributed by atoms with van der Waals surface area (Å²) in [6.07, 6.45) is 2.20. The van der Waals surface area contributed by atoms with E-state index in [1.54, 1.807) is 18.3 Å². The highest BCUT2D eigenvalue weighted by molar-refractivity contribution is 7.80. The number of nitrogens with zero attached hydrogens (tertiary/aromatic N) is 1. The van der Waals surface area contributed by atoms with E-state index in [1.165, 1.54) is 12.1 Å². The average molecular weight is 730 g/mol. The van der Waals surface area contributed by atoms with E-state index < -0.39 is 59.8 Å². The van der Waals surface area contributed by atoms with E-state index in [4.69, 9.17) is 17.2 Å². The van der Waals surface area contributed by atoms with Gasteiger partial charge in [0, 0.05) is 48.0 Å². The van der Waals surface area contributed by atoms with Crippen LogP contribution in [-0.4, -0.2) is 99.0 Å². The number of carboxylic acid groups (broad SMARTS) is 1. The van der Waals surface area contributed by atoms with Crippen LogP contribution in [0.2, 0.25) is 0 Å². The van der Waals surface area contributed by atoms with Gasteiger partial charge in [-0.15, -0.1) is 0 Å². The molecule has 2 aromatic carbocycles. The summed E-state index contributed by atoms with van der Waals surface area (Å²) in [6.45, 7) is 0.269. The van der Waals surface area contributed by atoms with Crippen LogP contribution in [0.1, 0.15) is 24.0 Å². The summed E-state index contributed by atoms with van der Waals surface area (Å²) in [5.74, 6) is -4.67. The summed E-state index contributed by atoms with van der Waals surface area (Å²) in [6, 6.07) is 7.18. The van der Waals surface area contributed by atoms with Crippen molar-refractivity contribution in [1.29, 1.82) is 0 Å². The van der Waals surface area contributed by atoms with Crippen molar-refractivity contribution in [1.82, 2.24) is 26.3 Å². The monoisotopic (exact) mass is 729 g/mol. The second kappa shape index (κ2) is 19.3. The molecule has 5 atom stereocenters. The smallest absolute Gasteiger partial charge is 0.326 e. The molecule has 50 heavy (non-hydrogen) atoms. The molecule has 0 radical (unpaired) electrons.